The largest absolute Gasteiger partial charge is 0.452 e. The molecule has 10 heteroatoms. The van der Waals surface area contributed by atoms with Crippen molar-refractivity contribution in [3.63, 3.8) is 0 Å². The average molecular weight is 416 g/mol. The predicted octanol–water partition coefficient (Wildman–Crippen LogP) is 4.04. The molecule has 0 aliphatic rings. The lowest BCUT2D eigenvalue weighted by Gasteiger charge is -2.06. The second-order valence-electron chi connectivity index (χ2n) is 4.89. The van der Waals surface area contributed by atoms with E-state index in [2.05, 4.69) is 31.4 Å². The van der Waals surface area contributed by atoms with E-state index in [0.717, 1.165) is 12.1 Å². The Kier molecular flexibility index (Phi) is 4.62. The van der Waals surface area contributed by atoms with E-state index in [1.54, 1.807) is 12.1 Å². The van der Waals surface area contributed by atoms with E-state index in [4.69, 9.17) is 8.94 Å². The van der Waals surface area contributed by atoms with Crippen molar-refractivity contribution in [3.05, 3.63) is 58.3 Å². The van der Waals surface area contributed by atoms with Crippen LogP contribution in [0.1, 0.15) is 22.0 Å². The van der Waals surface area contributed by atoms with Gasteiger partial charge in [-0.25, -0.2) is 0 Å². The van der Waals surface area contributed by atoms with Crippen LogP contribution in [0.3, 0.4) is 0 Å². The van der Waals surface area contributed by atoms with E-state index in [1.165, 1.54) is 12.1 Å². The number of hydrogen-bond acceptors (Lipinski definition) is 5. The highest BCUT2D eigenvalue weighted by molar-refractivity contribution is 9.10. The topological polar surface area (TPSA) is 81.2 Å². The Hall–Kier alpha value is -2.62. The summed E-state index contributed by atoms with van der Waals surface area (Å²) in [6, 6.07) is 7.75. The molecule has 1 amide bonds. The van der Waals surface area contributed by atoms with Gasteiger partial charge in [0.05, 0.1) is 12.1 Å². The highest BCUT2D eigenvalue weighted by Gasteiger charge is 2.31. The maximum Gasteiger partial charge on any atom is 0.416 e. The van der Waals surface area contributed by atoms with Crippen molar-refractivity contribution in [2.75, 3.05) is 0 Å². The molecule has 1 aromatic carbocycles. The smallest absolute Gasteiger partial charge is 0.416 e. The Morgan fingerprint density at radius 1 is 1.24 bits per heavy atom. The summed E-state index contributed by atoms with van der Waals surface area (Å²) < 4.78 is 48.8. The molecule has 25 heavy (non-hydrogen) atoms. The molecule has 2 aromatic heterocycles. The molecule has 0 saturated carbocycles. The molecule has 0 atom stereocenters. The van der Waals surface area contributed by atoms with Gasteiger partial charge in [-0.1, -0.05) is 17.3 Å². The summed E-state index contributed by atoms with van der Waals surface area (Å²) >= 11 is 3.13. The highest BCUT2D eigenvalue weighted by Crippen LogP contribution is 2.31. The van der Waals surface area contributed by atoms with Crippen LogP contribution in [0.2, 0.25) is 0 Å². The van der Waals surface area contributed by atoms with Crippen LogP contribution in [0, 0.1) is 0 Å². The number of alkyl halides is 3. The fraction of sp³-hybridized carbons (Fsp3) is 0.133. The molecule has 3 rings (SSSR count). The Morgan fingerprint density at radius 2 is 2.04 bits per heavy atom. The number of carbonyl (C=O) groups is 1. The summed E-state index contributed by atoms with van der Waals surface area (Å²) in [5.74, 6) is -0.647. The van der Waals surface area contributed by atoms with Gasteiger partial charge in [0.2, 0.25) is 5.82 Å². The third kappa shape index (κ3) is 4.08. The first-order valence-electron chi connectivity index (χ1n) is 6.86. The number of nitrogens with zero attached hydrogens (tertiary/aromatic N) is 2. The number of carbonyl (C=O) groups excluding carboxylic acids is 1. The normalized spacial score (nSPS) is 11.5. The van der Waals surface area contributed by atoms with E-state index >= 15 is 0 Å². The minimum absolute atomic E-state index is 0.0890. The van der Waals surface area contributed by atoms with Crippen LogP contribution >= 0.6 is 15.9 Å². The molecule has 0 aliphatic heterocycles. The Labute approximate surface area is 147 Å². The molecule has 3 aromatic rings. The van der Waals surface area contributed by atoms with E-state index in [9.17, 15) is 18.0 Å². The lowest BCUT2D eigenvalue weighted by atomic mass is 10.1. The van der Waals surface area contributed by atoms with Crippen LogP contribution in [-0.2, 0) is 12.7 Å². The maximum absolute atomic E-state index is 12.7. The molecule has 0 saturated heterocycles. The van der Waals surface area contributed by atoms with Crippen molar-refractivity contribution < 1.29 is 26.9 Å². The number of aromatic nitrogens is 2. The number of benzene rings is 1. The minimum atomic E-state index is -4.49. The number of nitrogens with one attached hydrogen (secondary N) is 1. The molecule has 2 heterocycles. The predicted molar refractivity (Wildman–Crippen MR) is 82.3 cm³/mol. The first-order valence-corrected chi connectivity index (χ1v) is 7.66. The van der Waals surface area contributed by atoms with Crippen molar-refractivity contribution in [1.82, 2.24) is 15.5 Å². The average Bonchev–Trinajstić information content (AvgIpc) is 3.21. The van der Waals surface area contributed by atoms with Crippen LogP contribution < -0.4 is 5.32 Å². The van der Waals surface area contributed by atoms with E-state index in [1.807, 2.05) is 0 Å². The Bertz CT molecular complexity index is 905. The number of hydrogen-bond donors (Lipinski definition) is 1. The van der Waals surface area contributed by atoms with Gasteiger partial charge in [0.1, 0.15) is 5.76 Å². The van der Waals surface area contributed by atoms with Crippen LogP contribution in [0.25, 0.3) is 11.4 Å². The monoisotopic (exact) mass is 415 g/mol. The molecule has 6 nitrogen and oxygen atoms in total. The number of halogens is 4. The summed E-state index contributed by atoms with van der Waals surface area (Å²) in [6.45, 7) is 0.0890. The van der Waals surface area contributed by atoms with Crippen molar-refractivity contribution in [2.45, 2.75) is 12.7 Å². The van der Waals surface area contributed by atoms with E-state index in [-0.39, 0.29) is 23.8 Å². The molecular formula is C15H9BrF3N3O3. The number of amides is 1. The van der Waals surface area contributed by atoms with Crippen LogP contribution in [0.5, 0.6) is 0 Å². The van der Waals surface area contributed by atoms with Gasteiger partial charge >= 0.3 is 18.0 Å². The molecule has 0 bridgehead atoms. The van der Waals surface area contributed by atoms with Crippen molar-refractivity contribution >= 4 is 21.8 Å². The second-order valence-corrected chi connectivity index (χ2v) is 5.67. The third-order valence-corrected chi connectivity index (χ3v) is 3.55. The quantitative estimate of drug-likeness (QED) is 0.695. The van der Waals surface area contributed by atoms with Gasteiger partial charge in [0.15, 0.2) is 4.67 Å². The first kappa shape index (κ1) is 17.2. The first-order chi connectivity index (χ1) is 11.8. The fourth-order valence-electron chi connectivity index (χ4n) is 1.96. The minimum Gasteiger partial charge on any atom is -0.452 e. The number of rotatable bonds is 4. The third-order valence-electron chi connectivity index (χ3n) is 3.12. The van der Waals surface area contributed by atoms with Gasteiger partial charge < -0.3 is 14.3 Å². The number of furan rings is 1. The maximum atomic E-state index is 12.7. The summed E-state index contributed by atoms with van der Waals surface area (Å²) in [5, 5.41) is 6.04. The van der Waals surface area contributed by atoms with Gasteiger partial charge in [0, 0.05) is 5.56 Å². The molecule has 0 fully saturated rings. The molecule has 130 valence electrons. The molecule has 1 N–H and O–H groups in total. The highest BCUT2D eigenvalue weighted by atomic mass is 79.9. The second kappa shape index (κ2) is 6.71. The van der Waals surface area contributed by atoms with Crippen LogP contribution in [-0.4, -0.2) is 16.0 Å². The van der Waals surface area contributed by atoms with Gasteiger partial charge in [0.25, 0.3) is 0 Å². The van der Waals surface area contributed by atoms with Gasteiger partial charge in [-0.2, -0.15) is 18.2 Å². The van der Waals surface area contributed by atoms with Crippen molar-refractivity contribution in [2.24, 2.45) is 0 Å². The summed E-state index contributed by atoms with van der Waals surface area (Å²) in [5.41, 5.74) is -0.753. The van der Waals surface area contributed by atoms with Gasteiger partial charge in [-0.15, -0.1) is 0 Å². The summed E-state index contributed by atoms with van der Waals surface area (Å²) in [7, 11) is 0. The molecule has 0 aliphatic carbocycles. The van der Waals surface area contributed by atoms with Crippen molar-refractivity contribution in [3.8, 4) is 11.4 Å². The zero-order valence-corrected chi connectivity index (χ0v) is 13.9. The molecule has 0 radical (unpaired) electrons. The van der Waals surface area contributed by atoms with Gasteiger partial charge in [-0.3, -0.25) is 4.79 Å². The standard InChI is InChI=1S/C15H9BrF3N3O3/c16-11-5-4-10(24-11)7-20-13(23)14-21-12(22-25-14)8-2-1-3-9(6-8)15(17,18)19/h1-6H,7H2,(H,20,23). The van der Waals surface area contributed by atoms with Crippen LogP contribution in [0.4, 0.5) is 13.2 Å². The fourth-order valence-corrected chi connectivity index (χ4v) is 2.30. The molecular weight excluding hydrogens is 407 g/mol. The summed E-state index contributed by atoms with van der Waals surface area (Å²) in [6.07, 6.45) is -4.49. The lowest BCUT2D eigenvalue weighted by Crippen LogP contribution is -2.22. The van der Waals surface area contributed by atoms with Gasteiger partial charge in [-0.05, 0) is 40.2 Å². The summed E-state index contributed by atoms with van der Waals surface area (Å²) in [4.78, 5) is 15.8. The Balaban J connectivity index is 1.72. The van der Waals surface area contributed by atoms with E-state index < -0.39 is 17.6 Å². The Morgan fingerprint density at radius 3 is 2.72 bits per heavy atom. The zero-order chi connectivity index (χ0) is 18.0. The molecule has 0 unspecified atom stereocenters. The zero-order valence-electron chi connectivity index (χ0n) is 12.3. The van der Waals surface area contributed by atoms with Crippen molar-refractivity contribution in [1.29, 1.82) is 0 Å². The van der Waals surface area contributed by atoms with E-state index in [0.29, 0.717) is 10.4 Å². The van der Waals surface area contributed by atoms with Crippen LogP contribution in [0.15, 0.2) is 50.0 Å². The lowest BCUT2D eigenvalue weighted by molar-refractivity contribution is -0.137. The molecule has 0 spiro atoms. The SMILES string of the molecule is O=C(NCc1ccc(Br)o1)c1nc(-c2cccc(C(F)(F)F)c2)no1.